The Morgan fingerprint density at radius 2 is 2.00 bits per heavy atom. The van der Waals surface area contributed by atoms with E-state index in [-0.39, 0.29) is 23.3 Å². The summed E-state index contributed by atoms with van der Waals surface area (Å²) in [5.41, 5.74) is 1.29. The zero-order valence-corrected chi connectivity index (χ0v) is 12.8. The minimum atomic E-state index is -1.02. The first-order valence-corrected chi connectivity index (χ1v) is 7.58. The summed E-state index contributed by atoms with van der Waals surface area (Å²) in [5.74, 6) is -2.07. The fourth-order valence-corrected chi connectivity index (χ4v) is 2.61. The van der Waals surface area contributed by atoms with Crippen molar-refractivity contribution in [2.45, 2.75) is 18.9 Å². The summed E-state index contributed by atoms with van der Waals surface area (Å²) in [5, 5.41) is 14.4. The lowest BCUT2D eigenvalue weighted by atomic mass is 10.1. The number of aromatic carboxylic acids is 1. The molecule has 1 atom stereocenters. The lowest BCUT2D eigenvalue weighted by Crippen LogP contribution is -2.35. The normalized spacial score (nSPS) is 16.8. The number of hydrogen-bond acceptors (Lipinski definition) is 4. The number of rotatable bonds is 4. The van der Waals surface area contributed by atoms with Gasteiger partial charge in [0.25, 0.3) is 0 Å². The molecule has 3 N–H and O–H groups in total. The summed E-state index contributed by atoms with van der Waals surface area (Å²) in [4.78, 5) is 26.8. The Balaban J connectivity index is 1.76. The van der Waals surface area contributed by atoms with Gasteiger partial charge in [-0.3, -0.25) is 4.79 Å². The molecule has 1 aromatic carbocycles. The molecule has 2 heterocycles. The highest BCUT2D eigenvalue weighted by Gasteiger charge is 2.23. The lowest BCUT2D eigenvalue weighted by Gasteiger charge is -2.11. The maximum absolute atomic E-state index is 14.2. The zero-order chi connectivity index (χ0) is 17.1. The van der Waals surface area contributed by atoms with E-state index in [1.54, 1.807) is 12.1 Å². The number of carbonyl (C=O) groups excluding carboxylic acids is 1. The maximum atomic E-state index is 14.2. The summed E-state index contributed by atoms with van der Waals surface area (Å²) in [7, 11) is 0. The molecule has 1 aliphatic heterocycles. The number of carboxylic acids is 1. The molecule has 2 aromatic rings. The average Bonchev–Trinajstić information content (AvgIpc) is 3.11. The molecule has 124 valence electrons. The Kier molecular flexibility index (Phi) is 4.52. The number of aromatic nitrogens is 1. The first-order chi connectivity index (χ1) is 11.5. The molecule has 0 spiro atoms. The number of nitrogens with zero attached hydrogens (tertiary/aromatic N) is 1. The number of pyridine rings is 1. The fourth-order valence-electron chi connectivity index (χ4n) is 2.61. The summed E-state index contributed by atoms with van der Waals surface area (Å²) >= 11 is 0. The highest BCUT2D eigenvalue weighted by atomic mass is 19.1. The molecule has 0 radical (unpaired) electrons. The van der Waals surface area contributed by atoms with Crippen LogP contribution in [0.4, 0.5) is 10.2 Å². The second-order valence-electron chi connectivity index (χ2n) is 5.58. The van der Waals surface area contributed by atoms with Crippen molar-refractivity contribution < 1.29 is 19.1 Å². The summed E-state index contributed by atoms with van der Waals surface area (Å²) < 4.78 is 14.2. The molecular formula is C17H16FN3O3. The molecule has 1 fully saturated rings. The van der Waals surface area contributed by atoms with Gasteiger partial charge in [0, 0.05) is 11.8 Å². The van der Waals surface area contributed by atoms with Crippen LogP contribution in [-0.4, -0.2) is 34.6 Å². The van der Waals surface area contributed by atoms with Crippen molar-refractivity contribution in [1.29, 1.82) is 0 Å². The summed E-state index contributed by atoms with van der Waals surface area (Å²) in [6.45, 7) is 0.777. The number of carboxylic acid groups (broad SMARTS) is 1. The van der Waals surface area contributed by atoms with Crippen molar-refractivity contribution in [2.75, 3.05) is 11.9 Å². The third-order valence-electron chi connectivity index (χ3n) is 3.92. The Morgan fingerprint density at radius 1 is 1.25 bits per heavy atom. The molecular weight excluding hydrogens is 313 g/mol. The van der Waals surface area contributed by atoms with E-state index < -0.39 is 11.8 Å². The van der Waals surface area contributed by atoms with Crippen LogP contribution < -0.4 is 10.6 Å². The predicted molar refractivity (Wildman–Crippen MR) is 86.2 cm³/mol. The predicted octanol–water partition coefficient (Wildman–Crippen LogP) is 2.28. The van der Waals surface area contributed by atoms with Gasteiger partial charge in [-0.15, -0.1) is 0 Å². The van der Waals surface area contributed by atoms with Gasteiger partial charge in [-0.1, -0.05) is 12.1 Å². The minimum Gasteiger partial charge on any atom is -0.478 e. The largest absolute Gasteiger partial charge is 0.478 e. The fraction of sp³-hybridized carbons (Fsp3) is 0.235. The van der Waals surface area contributed by atoms with Gasteiger partial charge in [-0.05, 0) is 43.1 Å². The van der Waals surface area contributed by atoms with Crippen LogP contribution in [0.25, 0.3) is 11.1 Å². The van der Waals surface area contributed by atoms with E-state index in [9.17, 15) is 14.0 Å². The zero-order valence-electron chi connectivity index (χ0n) is 12.8. The summed E-state index contributed by atoms with van der Waals surface area (Å²) in [6.07, 6.45) is 3.08. The van der Waals surface area contributed by atoms with Crippen molar-refractivity contribution in [3.8, 4) is 11.1 Å². The van der Waals surface area contributed by atoms with E-state index in [0.29, 0.717) is 11.1 Å². The molecule has 1 aromatic heterocycles. The molecule has 7 heteroatoms. The standard InChI is InChI=1S/C17H16FN3O3/c18-13-8-12(10-3-5-11(6-4-10)17(23)24)9-20-15(13)21-16(22)14-2-1-7-19-14/h3-6,8-9,14,19H,1-2,7H2,(H,23,24)(H,20,21,22)/t14-/m1/s1. The van der Waals surface area contributed by atoms with Crippen LogP contribution in [0.15, 0.2) is 36.5 Å². The number of nitrogens with one attached hydrogen (secondary N) is 2. The van der Waals surface area contributed by atoms with Gasteiger partial charge < -0.3 is 15.7 Å². The van der Waals surface area contributed by atoms with E-state index in [1.807, 2.05) is 0 Å². The van der Waals surface area contributed by atoms with Crippen molar-refractivity contribution in [3.05, 3.63) is 47.9 Å². The van der Waals surface area contributed by atoms with Gasteiger partial charge in [-0.2, -0.15) is 0 Å². The molecule has 0 aliphatic carbocycles. The van der Waals surface area contributed by atoms with Crippen molar-refractivity contribution in [1.82, 2.24) is 10.3 Å². The smallest absolute Gasteiger partial charge is 0.335 e. The molecule has 6 nitrogen and oxygen atoms in total. The van der Waals surface area contributed by atoms with Gasteiger partial charge in [-0.25, -0.2) is 14.2 Å². The molecule has 0 saturated carbocycles. The van der Waals surface area contributed by atoms with Crippen LogP contribution in [0.3, 0.4) is 0 Å². The van der Waals surface area contributed by atoms with Crippen LogP contribution in [0.2, 0.25) is 0 Å². The Bertz CT molecular complexity index is 771. The first kappa shape index (κ1) is 16.1. The highest BCUT2D eigenvalue weighted by molar-refractivity contribution is 5.94. The number of carbonyl (C=O) groups is 2. The van der Waals surface area contributed by atoms with E-state index >= 15 is 0 Å². The Labute approximate surface area is 137 Å². The number of halogens is 1. The van der Waals surface area contributed by atoms with Crippen molar-refractivity contribution in [3.63, 3.8) is 0 Å². The number of anilines is 1. The Hall–Kier alpha value is -2.80. The van der Waals surface area contributed by atoms with Crippen molar-refractivity contribution >= 4 is 17.7 Å². The number of amides is 1. The van der Waals surface area contributed by atoms with Crippen LogP contribution in [0.1, 0.15) is 23.2 Å². The third-order valence-corrected chi connectivity index (χ3v) is 3.92. The molecule has 0 unspecified atom stereocenters. The Morgan fingerprint density at radius 3 is 2.58 bits per heavy atom. The van der Waals surface area contributed by atoms with Crippen LogP contribution >= 0.6 is 0 Å². The quantitative estimate of drug-likeness (QED) is 0.800. The van der Waals surface area contributed by atoms with Crippen LogP contribution in [-0.2, 0) is 4.79 Å². The third kappa shape index (κ3) is 3.41. The average molecular weight is 329 g/mol. The van der Waals surface area contributed by atoms with Gasteiger partial charge >= 0.3 is 5.97 Å². The van der Waals surface area contributed by atoms with Crippen LogP contribution in [0.5, 0.6) is 0 Å². The SMILES string of the molecule is O=C(O)c1ccc(-c2cnc(NC(=O)[C@H]3CCCN3)c(F)c2)cc1. The lowest BCUT2D eigenvalue weighted by molar-refractivity contribution is -0.117. The highest BCUT2D eigenvalue weighted by Crippen LogP contribution is 2.23. The number of hydrogen-bond donors (Lipinski definition) is 3. The molecule has 1 amide bonds. The summed E-state index contributed by atoms with van der Waals surface area (Å²) in [6, 6.07) is 7.00. The van der Waals surface area contributed by atoms with E-state index in [4.69, 9.17) is 5.11 Å². The van der Waals surface area contributed by atoms with E-state index in [0.717, 1.165) is 19.4 Å². The molecule has 1 aliphatic rings. The number of benzene rings is 1. The second kappa shape index (κ2) is 6.76. The second-order valence-corrected chi connectivity index (χ2v) is 5.58. The minimum absolute atomic E-state index is 0.111. The monoisotopic (exact) mass is 329 g/mol. The molecule has 3 rings (SSSR count). The molecule has 24 heavy (non-hydrogen) atoms. The molecule has 1 saturated heterocycles. The van der Waals surface area contributed by atoms with E-state index in [1.165, 1.54) is 24.4 Å². The van der Waals surface area contributed by atoms with Gasteiger partial charge in [0.15, 0.2) is 11.6 Å². The first-order valence-electron chi connectivity index (χ1n) is 7.58. The topological polar surface area (TPSA) is 91.3 Å². The van der Waals surface area contributed by atoms with Crippen molar-refractivity contribution in [2.24, 2.45) is 0 Å². The van der Waals surface area contributed by atoms with E-state index in [2.05, 4.69) is 15.6 Å². The molecule has 0 bridgehead atoms. The maximum Gasteiger partial charge on any atom is 0.335 e. The van der Waals surface area contributed by atoms with Gasteiger partial charge in [0.1, 0.15) is 0 Å². The van der Waals surface area contributed by atoms with Gasteiger partial charge in [0.2, 0.25) is 5.91 Å². The van der Waals surface area contributed by atoms with Gasteiger partial charge in [0.05, 0.1) is 11.6 Å². The van der Waals surface area contributed by atoms with Crippen LogP contribution in [0, 0.1) is 5.82 Å².